The Morgan fingerprint density at radius 3 is 3.17 bits per heavy atom. The summed E-state index contributed by atoms with van der Waals surface area (Å²) >= 11 is 0. The van der Waals surface area contributed by atoms with E-state index in [1.54, 1.807) is 0 Å². The second-order valence-corrected chi connectivity index (χ2v) is 5.05. The van der Waals surface area contributed by atoms with Gasteiger partial charge in [0, 0.05) is 37.4 Å². The molecule has 98 valence electrons. The minimum Gasteiger partial charge on any atom is -0.478 e. The molecule has 5 nitrogen and oxygen atoms in total. The van der Waals surface area contributed by atoms with Gasteiger partial charge < -0.3 is 15.0 Å². The Labute approximate surface area is 108 Å². The van der Waals surface area contributed by atoms with Gasteiger partial charge in [0.15, 0.2) is 0 Å². The van der Waals surface area contributed by atoms with Crippen molar-refractivity contribution in [2.75, 3.05) is 31.1 Å². The fourth-order valence-electron chi connectivity index (χ4n) is 2.97. The van der Waals surface area contributed by atoms with Gasteiger partial charge in [0.1, 0.15) is 0 Å². The predicted molar refractivity (Wildman–Crippen MR) is 70.0 cm³/mol. The molecule has 2 atom stereocenters. The van der Waals surface area contributed by atoms with Crippen LogP contribution in [0.4, 0.5) is 5.95 Å². The maximum absolute atomic E-state index is 5.50. The second kappa shape index (κ2) is 4.72. The zero-order valence-corrected chi connectivity index (χ0v) is 11.0. The molecular weight excluding hydrogens is 228 g/mol. The first-order valence-electron chi connectivity index (χ1n) is 6.73. The SMILES string of the molecule is CCOc1cc(C)nc(N2CC[C@H]3CNC[C@H]32)n1. The van der Waals surface area contributed by atoms with Gasteiger partial charge in [-0.15, -0.1) is 0 Å². The Hall–Kier alpha value is -1.36. The van der Waals surface area contributed by atoms with E-state index >= 15 is 0 Å². The highest BCUT2D eigenvalue weighted by molar-refractivity contribution is 5.38. The predicted octanol–water partition coefficient (Wildman–Crippen LogP) is 0.982. The van der Waals surface area contributed by atoms with Crippen molar-refractivity contribution in [3.8, 4) is 5.88 Å². The summed E-state index contributed by atoms with van der Waals surface area (Å²) in [6.07, 6.45) is 1.24. The number of hydrogen-bond acceptors (Lipinski definition) is 5. The normalized spacial score (nSPS) is 26.4. The zero-order chi connectivity index (χ0) is 12.5. The number of hydrogen-bond donors (Lipinski definition) is 1. The fraction of sp³-hybridized carbons (Fsp3) is 0.692. The van der Waals surface area contributed by atoms with Crippen LogP contribution in [0, 0.1) is 12.8 Å². The number of aromatic nitrogens is 2. The third-order valence-corrected chi connectivity index (χ3v) is 3.81. The number of rotatable bonds is 3. The summed E-state index contributed by atoms with van der Waals surface area (Å²) in [5.74, 6) is 2.27. The van der Waals surface area contributed by atoms with Crippen LogP contribution in [0.2, 0.25) is 0 Å². The van der Waals surface area contributed by atoms with E-state index in [1.807, 2.05) is 19.9 Å². The fourth-order valence-corrected chi connectivity index (χ4v) is 2.97. The number of aryl methyl sites for hydroxylation is 1. The van der Waals surface area contributed by atoms with E-state index in [2.05, 4.69) is 20.2 Å². The molecule has 2 aliphatic rings. The molecule has 2 aliphatic heterocycles. The van der Waals surface area contributed by atoms with Crippen molar-refractivity contribution >= 4 is 5.95 Å². The molecule has 5 heteroatoms. The van der Waals surface area contributed by atoms with Crippen molar-refractivity contribution in [2.45, 2.75) is 26.3 Å². The van der Waals surface area contributed by atoms with E-state index < -0.39 is 0 Å². The summed E-state index contributed by atoms with van der Waals surface area (Å²) in [6.45, 7) is 7.85. The molecule has 18 heavy (non-hydrogen) atoms. The molecule has 3 rings (SSSR count). The lowest BCUT2D eigenvalue weighted by Gasteiger charge is -2.23. The molecule has 2 fully saturated rings. The van der Waals surface area contributed by atoms with Gasteiger partial charge >= 0.3 is 0 Å². The third-order valence-electron chi connectivity index (χ3n) is 3.81. The van der Waals surface area contributed by atoms with Gasteiger partial charge in [-0.2, -0.15) is 4.98 Å². The first kappa shape index (κ1) is 11.7. The highest BCUT2D eigenvalue weighted by Gasteiger charge is 2.38. The Kier molecular flexibility index (Phi) is 3.07. The molecule has 0 aromatic carbocycles. The van der Waals surface area contributed by atoms with Crippen LogP contribution in [0.5, 0.6) is 5.88 Å². The van der Waals surface area contributed by atoms with Gasteiger partial charge in [-0.05, 0) is 26.2 Å². The van der Waals surface area contributed by atoms with Crippen molar-refractivity contribution in [1.82, 2.24) is 15.3 Å². The quantitative estimate of drug-likeness (QED) is 0.864. The molecule has 3 heterocycles. The third kappa shape index (κ3) is 2.03. The molecule has 0 bridgehead atoms. The first-order valence-corrected chi connectivity index (χ1v) is 6.73. The molecule has 0 aliphatic carbocycles. The van der Waals surface area contributed by atoms with E-state index in [4.69, 9.17) is 4.74 Å². The topological polar surface area (TPSA) is 50.3 Å². The summed E-state index contributed by atoms with van der Waals surface area (Å²) in [7, 11) is 0. The number of nitrogens with zero attached hydrogens (tertiary/aromatic N) is 3. The Bertz CT molecular complexity index is 437. The van der Waals surface area contributed by atoms with Crippen molar-refractivity contribution in [3.05, 3.63) is 11.8 Å². The van der Waals surface area contributed by atoms with Crippen molar-refractivity contribution in [1.29, 1.82) is 0 Å². The van der Waals surface area contributed by atoms with Gasteiger partial charge in [-0.3, -0.25) is 0 Å². The van der Waals surface area contributed by atoms with Gasteiger partial charge in [0.05, 0.1) is 6.61 Å². The smallest absolute Gasteiger partial charge is 0.229 e. The van der Waals surface area contributed by atoms with Crippen LogP contribution in [0.15, 0.2) is 6.07 Å². The van der Waals surface area contributed by atoms with Crippen LogP contribution in [-0.4, -0.2) is 42.3 Å². The minimum absolute atomic E-state index is 0.557. The Balaban J connectivity index is 1.87. The standard InChI is InChI=1S/C13H20N4O/c1-3-18-12-6-9(2)15-13(16-12)17-5-4-10-7-14-8-11(10)17/h6,10-11,14H,3-5,7-8H2,1-2H3/t10-,11+/m0/s1. The van der Waals surface area contributed by atoms with E-state index in [-0.39, 0.29) is 0 Å². The van der Waals surface area contributed by atoms with E-state index in [1.165, 1.54) is 6.42 Å². The monoisotopic (exact) mass is 248 g/mol. The Morgan fingerprint density at radius 2 is 2.33 bits per heavy atom. The van der Waals surface area contributed by atoms with E-state index in [0.717, 1.165) is 37.2 Å². The molecule has 0 amide bonds. The highest BCUT2D eigenvalue weighted by atomic mass is 16.5. The lowest BCUT2D eigenvalue weighted by atomic mass is 10.1. The largest absolute Gasteiger partial charge is 0.478 e. The average molecular weight is 248 g/mol. The summed E-state index contributed by atoms with van der Waals surface area (Å²) in [5, 5.41) is 3.45. The van der Waals surface area contributed by atoms with E-state index in [0.29, 0.717) is 18.5 Å². The number of nitrogens with one attached hydrogen (secondary N) is 1. The molecule has 0 saturated carbocycles. The van der Waals surface area contributed by atoms with Crippen LogP contribution in [-0.2, 0) is 0 Å². The summed E-state index contributed by atoms with van der Waals surface area (Å²) in [4.78, 5) is 11.4. The summed E-state index contributed by atoms with van der Waals surface area (Å²) in [6, 6.07) is 2.45. The van der Waals surface area contributed by atoms with Gasteiger partial charge in [-0.1, -0.05) is 0 Å². The maximum Gasteiger partial charge on any atom is 0.229 e. The second-order valence-electron chi connectivity index (χ2n) is 5.05. The van der Waals surface area contributed by atoms with Crippen molar-refractivity contribution in [3.63, 3.8) is 0 Å². The molecule has 2 saturated heterocycles. The maximum atomic E-state index is 5.50. The Morgan fingerprint density at radius 1 is 1.44 bits per heavy atom. The van der Waals surface area contributed by atoms with E-state index in [9.17, 15) is 0 Å². The van der Waals surface area contributed by atoms with Crippen LogP contribution >= 0.6 is 0 Å². The lowest BCUT2D eigenvalue weighted by Crippen LogP contribution is -2.35. The average Bonchev–Trinajstić information content (AvgIpc) is 2.89. The zero-order valence-electron chi connectivity index (χ0n) is 11.0. The van der Waals surface area contributed by atoms with Crippen molar-refractivity contribution < 1.29 is 4.74 Å². The van der Waals surface area contributed by atoms with Crippen LogP contribution in [0.3, 0.4) is 0 Å². The van der Waals surface area contributed by atoms with Crippen molar-refractivity contribution in [2.24, 2.45) is 5.92 Å². The molecule has 0 unspecified atom stereocenters. The molecular formula is C13H20N4O. The molecule has 1 aromatic rings. The van der Waals surface area contributed by atoms with Crippen LogP contribution in [0.25, 0.3) is 0 Å². The van der Waals surface area contributed by atoms with Gasteiger partial charge in [0.25, 0.3) is 0 Å². The van der Waals surface area contributed by atoms with Crippen LogP contribution in [0.1, 0.15) is 19.0 Å². The molecule has 0 radical (unpaired) electrons. The number of fused-ring (bicyclic) bond motifs is 1. The van der Waals surface area contributed by atoms with Gasteiger partial charge in [-0.25, -0.2) is 4.98 Å². The van der Waals surface area contributed by atoms with Gasteiger partial charge in [0.2, 0.25) is 11.8 Å². The summed E-state index contributed by atoms with van der Waals surface area (Å²) in [5.41, 5.74) is 0.970. The molecule has 0 spiro atoms. The summed E-state index contributed by atoms with van der Waals surface area (Å²) < 4.78 is 5.50. The lowest BCUT2D eigenvalue weighted by molar-refractivity contribution is 0.325. The molecule has 1 aromatic heterocycles. The first-order chi connectivity index (χ1) is 8.78. The number of ether oxygens (including phenoxy) is 1. The number of anilines is 1. The van der Waals surface area contributed by atoms with Crippen LogP contribution < -0.4 is 15.0 Å². The highest BCUT2D eigenvalue weighted by Crippen LogP contribution is 2.30. The minimum atomic E-state index is 0.557. The molecule has 1 N–H and O–H groups in total.